The van der Waals surface area contributed by atoms with Gasteiger partial charge < -0.3 is 9.73 Å². The molecule has 1 N–H and O–H groups in total. The number of hydrogen-bond donors (Lipinski definition) is 1. The molecule has 0 unspecified atom stereocenters. The minimum absolute atomic E-state index is 0.163. The number of carbonyl (C=O) groups is 1. The maximum absolute atomic E-state index is 11.7. The van der Waals surface area contributed by atoms with Crippen LogP contribution in [0, 0.1) is 25.2 Å². The number of oxazole rings is 1. The molecule has 0 fully saturated rings. The van der Waals surface area contributed by atoms with Crippen molar-refractivity contribution in [2.24, 2.45) is 0 Å². The second-order valence-corrected chi connectivity index (χ2v) is 3.84. The van der Waals surface area contributed by atoms with Crippen molar-refractivity contribution in [3.8, 4) is 6.07 Å². The summed E-state index contributed by atoms with van der Waals surface area (Å²) < 4.78 is 5.13. The highest BCUT2D eigenvalue weighted by Crippen LogP contribution is 2.10. The van der Waals surface area contributed by atoms with Gasteiger partial charge in [-0.1, -0.05) is 0 Å². The van der Waals surface area contributed by atoms with E-state index in [0.717, 1.165) is 0 Å². The highest BCUT2D eigenvalue weighted by molar-refractivity contribution is 5.93. The number of carbonyl (C=O) groups excluding carboxylic acids is 1. The van der Waals surface area contributed by atoms with Gasteiger partial charge in [0.25, 0.3) is 5.91 Å². The van der Waals surface area contributed by atoms with Gasteiger partial charge in [0.15, 0.2) is 5.89 Å². The van der Waals surface area contributed by atoms with Gasteiger partial charge in [-0.15, -0.1) is 0 Å². The molecule has 15 heavy (non-hydrogen) atoms. The number of amides is 1. The van der Waals surface area contributed by atoms with Crippen molar-refractivity contribution in [2.75, 3.05) is 0 Å². The van der Waals surface area contributed by atoms with Gasteiger partial charge in [0.05, 0.1) is 11.8 Å². The van der Waals surface area contributed by atoms with E-state index in [-0.39, 0.29) is 5.76 Å². The highest BCUT2D eigenvalue weighted by atomic mass is 16.4. The predicted molar refractivity (Wildman–Crippen MR) is 53.1 cm³/mol. The van der Waals surface area contributed by atoms with Crippen molar-refractivity contribution in [2.45, 2.75) is 33.2 Å². The van der Waals surface area contributed by atoms with E-state index in [1.165, 1.54) is 0 Å². The Morgan fingerprint density at radius 1 is 1.53 bits per heavy atom. The second-order valence-electron chi connectivity index (χ2n) is 3.84. The zero-order chi connectivity index (χ0) is 11.6. The maximum atomic E-state index is 11.7. The van der Waals surface area contributed by atoms with Crippen LogP contribution in [-0.4, -0.2) is 16.4 Å². The van der Waals surface area contributed by atoms with Crippen LogP contribution in [0.2, 0.25) is 0 Å². The first-order valence-electron chi connectivity index (χ1n) is 4.53. The Hall–Kier alpha value is -1.83. The summed E-state index contributed by atoms with van der Waals surface area (Å²) in [6, 6.07) is 1.97. The van der Waals surface area contributed by atoms with Crippen molar-refractivity contribution in [3.63, 3.8) is 0 Å². The number of hydrogen-bond acceptors (Lipinski definition) is 4. The van der Waals surface area contributed by atoms with Crippen LogP contribution in [0.15, 0.2) is 4.42 Å². The van der Waals surface area contributed by atoms with Gasteiger partial charge in [-0.05, 0) is 20.8 Å². The van der Waals surface area contributed by atoms with Crippen molar-refractivity contribution < 1.29 is 9.21 Å². The molecule has 0 saturated heterocycles. The molecule has 0 saturated carbocycles. The predicted octanol–water partition coefficient (Wildman–Crippen LogP) is 1.32. The summed E-state index contributed by atoms with van der Waals surface area (Å²) in [7, 11) is 0. The first-order valence-corrected chi connectivity index (χ1v) is 4.53. The third-order valence-electron chi connectivity index (χ3n) is 1.82. The molecule has 0 spiro atoms. The summed E-state index contributed by atoms with van der Waals surface area (Å²) in [6.45, 7) is 6.58. The Balaban J connectivity index is 2.88. The number of rotatable bonds is 2. The van der Waals surface area contributed by atoms with Crippen LogP contribution in [-0.2, 0) is 0 Å². The van der Waals surface area contributed by atoms with Gasteiger partial charge in [0.1, 0.15) is 5.54 Å². The minimum atomic E-state index is -0.912. The standard InChI is InChI=1S/C10H13N3O2/c1-6-8(15-7(2)12-6)9(14)13-10(3,4)5-11/h1-4H3,(H,13,14). The lowest BCUT2D eigenvalue weighted by molar-refractivity contribution is 0.0899. The number of nitrogens with zero attached hydrogens (tertiary/aromatic N) is 2. The van der Waals surface area contributed by atoms with Gasteiger partial charge >= 0.3 is 0 Å². The average molecular weight is 207 g/mol. The van der Waals surface area contributed by atoms with E-state index in [4.69, 9.17) is 9.68 Å². The van der Waals surface area contributed by atoms with E-state index >= 15 is 0 Å². The summed E-state index contributed by atoms with van der Waals surface area (Å²) >= 11 is 0. The molecule has 0 aliphatic heterocycles. The van der Waals surface area contributed by atoms with Crippen LogP contribution in [0.1, 0.15) is 36.0 Å². The van der Waals surface area contributed by atoms with E-state index in [9.17, 15) is 4.79 Å². The Bertz CT molecular complexity index is 426. The van der Waals surface area contributed by atoms with E-state index in [1.807, 2.05) is 6.07 Å². The van der Waals surface area contributed by atoms with Crippen LogP contribution in [0.3, 0.4) is 0 Å². The minimum Gasteiger partial charge on any atom is -0.436 e. The molecule has 1 amide bonds. The number of aromatic nitrogens is 1. The van der Waals surface area contributed by atoms with E-state index in [2.05, 4.69) is 10.3 Å². The molecule has 1 rings (SSSR count). The third-order valence-corrected chi connectivity index (χ3v) is 1.82. The molecule has 0 aliphatic rings. The van der Waals surface area contributed by atoms with E-state index < -0.39 is 11.4 Å². The molecule has 0 radical (unpaired) electrons. The largest absolute Gasteiger partial charge is 0.436 e. The molecule has 0 atom stereocenters. The van der Waals surface area contributed by atoms with Crippen molar-refractivity contribution >= 4 is 5.91 Å². The summed E-state index contributed by atoms with van der Waals surface area (Å²) in [5.74, 6) is 0.183. The normalized spacial score (nSPS) is 10.9. The third kappa shape index (κ3) is 2.56. The number of nitrogens with one attached hydrogen (secondary N) is 1. The summed E-state index contributed by atoms with van der Waals surface area (Å²) in [5, 5.41) is 11.3. The van der Waals surface area contributed by atoms with E-state index in [1.54, 1.807) is 27.7 Å². The Morgan fingerprint density at radius 3 is 2.53 bits per heavy atom. The monoisotopic (exact) mass is 207 g/mol. The summed E-state index contributed by atoms with van der Waals surface area (Å²) in [4.78, 5) is 15.6. The van der Waals surface area contributed by atoms with E-state index in [0.29, 0.717) is 11.6 Å². The molecule has 1 aromatic heterocycles. The molecule has 1 aromatic rings. The van der Waals surface area contributed by atoms with Crippen LogP contribution in [0.5, 0.6) is 0 Å². The van der Waals surface area contributed by atoms with Gasteiger partial charge in [-0.25, -0.2) is 4.98 Å². The molecule has 1 heterocycles. The van der Waals surface area contributed by atoms with Crippen LogP contribution in [0.25, 0.3) is 0 Å². The van der Waals surface area contributed by atoms with Crippen LogP contribution in [0.4, 0.5) is 0 Å². The average Bonchev–Trinajstić information content (AvgIpc) is 2.45. The lowest BCUT2D eigenvalue weighted by atomic mass is 10.1. The molecule has 5 heteroatoms. The second kappa shape index (κ2) is 3.73. The number of nitriles is 1. The molecule has 0 bridgehead atoms. The van der Waals surface area contributed by atoms with Gasteiger partial charge in [-0.2, -0.15) is 5.26 Å². The number of aryl methyl sites for hydroxylation is 2. The van der Waals surface area contributed by atoms with Gasteiger partial charge in [0, 0.05) is 6.92 Å². The van der Waals surface area contributed by atoms with Crippen LogP contribution < -0.4 is 5.32 Å². The quantitative estimate of drug-likeness (QED) is 0.793. The Morgan fingerprint density at radius 2 is 2.13 bits per heavy atom. The smallest absolute Gasteiger partial charge is 0.290 e. The van der Waals surface area contributed by atoms with Crippen LogP contribution >= 0.6 is 0 Å². The SMILES string of the molecule is Cc1nc(C)c(C(=O)NC(C)(C)C#N)o1. The van der Waals surface area contributed by atoms with Crippen molar-refractivity contribution in [3.05, 3.63) is 17.3 Å². The Kier molecular flexibility index (Phi) is 2.80. The fourth-order valence-electron chi connectivity index (χ4n) is 1.11. The molecule has 80 valence electrons. The zero-order valence-electron chi connectivity index (χ0n) is 9.21. The fraction of sp³-hybridized carbons (Fsp3) is 0.500. The van der Waals surface area contributed by atoms with Crippen molar-refractivity contribution in [1.29, 1.82) is 5.26 Å². The topological polar surface area (TPSA) is 78.9 Å². The van der Waals surface area contributed by atoms with Crippen molar-refractivity contribution in [1.82, 2.24) is 10.3 Å². The highest BCUT2D eigenvalue weighted by Gasteiger charge is 2.24. The van der Waals surface area contributed by atoms with Gasteiger partial charge in [-0.3, -0.25) is 4.79 Å². The summed E-state index contributed by atoms with van der Waals surface area (Å²) in [5.41, 5.74) is -0.386. The molecular formula is C10H13N3O2. The zero-order valence-corrected chi connectivity index (χ0v) is 9.21. The molecule has 5 nitrogen and oxygen atoms in total. The summed E-state index contributed by atoms with van der Waals surface area (Å²) in [6.07, 6.45) is 0. The first-order chi connectivity index (χ1) is 6.85. The molecule has 0 aromatic carbocycles. The maximum Gasteiger partial charge on any atom is 0.290 e. The fourth-order valence-corrected chi connectivity index (χ4v) is 1.11. The molecule has 0 aliphatic carbocycles. The lowest BCUT2D eigenvalue weighted by Crippen LogP contribution is -2.42. The first kappa shape index (κ1) is 11.2. The lowest BCUT2D eigenvalue weighted by Gasteiger charge is -2.16. The molecular weight excluding hydrogens is 194 g/mol. The Labute approximate surface area is 88.1 Å². The van der Waals surface area contributed by atoms with Gasteiger partial charge in [0.2, 0.25) is 5.76 Å².